The zero-order chi connectivity index (χ0) is 23.9. The number of rotatable bonds is 4. The van der Waals surface area contributed by atoms with Crippen molar-refractivity contribution in [2.75, 3.05) is 25.0 Å². The maximum absolute atomic E-state index is 13.6. The molecule has 34 heavy (non-hydrogen) atoms. The number of hydrogen-bond donors (Lipinski definition) is 1. The van der Waals surface area contributed by atoms with Crippen molar-refractivity contribution in [1.29, 1.82) is 0 Å². The van der Waals surface area contributed by atoms with Crippen molar-refractivity contribution in [3.05, 3.63) is 35.0 Å². The lowest BCUT2D eigenvalue weighted by molar-refractivity contribution is -0.130. The van der Waals surface area contributed by atoms with Gasteiger partial charge in [0.15, 0.2) is 0 Å². The summed E-state index contributed by atoms with van der Waals surface area (Å²) in [4.78, 5) is 19.7. The first-order chi connectivity index (χ1) is 16.3. The normalized spacial score (nSPS) is 29.9. The number of nitrogens with zero attached hydrogens (tertiary/aromatic N) is 2. The van der Waals surface area contributed by atoms with Gasteiger partial charge in [-0.1, -0.05) is 11.6 Å². The first-order valence-corrected chi connectivity index (χ1v) is 13.1. The molecule has 1 aliphatic carbocycles. The minimum atomic E-state index is -0.658. The van der Waals surface area contributed by atoms with Crippen LogP contribution in [0.3, 0.4) is 0 Å². The third-order valence-electron chi connectivity index (χ3n) is 7.97. The van der Waals surface area contributed by atoms with Gasteiger partial charge >= 0.3 is 0 Å². The summed E-state index contributed by atoms with van der Waals surface area (Å²) < 4.78 is 19.4. The summed E-state index contributed by atoms with van der Waals surface area (Å²) >= 11 is 6.70. The molecule has 3 fully saturated rings. The van der Waals surface area contributed by atoms with Gasteiger partial charge in [-0.2, -0.15) is 0 Å². The van der Waals surface area contributed by atoms with E-state index in [2.05, 4.69) is 21.3 Å². The predicted octanol–water partition coefficient (Wildman–Crippen LogP) is 6.10. The molecular formula is C27H35ClFN3O2. The van der Waals surface area contributed by atoms with E-state index in [4.69, 9.17) is 16.3 Å². The second-order valence-electron chi connectivity index (χ2n) is 11.0. The molecule has 0 spiro atoms. The second-order valence-corrected chi connectivity index (χ2v) is 11.4. The first kappa shape index (κ1) is 24.0. The molecule has 5 nitrogen and oxygen atoms in total. The highest BCUT2D eigenvalue weighted by Gasteiger charge is 2.34. The van der Waals surface area contributed by atoms with Crippen molar-refractivity contribution >= 4 is 34.1 Å². The minimum Gasteiger partial charge on any atom is -0.376 e. The molecule has 2 aromatic rings. The molecule has 0 bridgehead atoms. The van der Waals surface area contributed by atoms with Crippen LogP contribution in [0.2, 0.25) is 5.02 Å². The summed E-state index contributed by atoms with van der Waals surface area (Å²) in [7, 11) is 0. The highest BCUT2D eigenvalue weighted by atomic mass is 35.5. The fraction of sp³-hybridized carbons (Fsp3) is 0.630. The highest BCUT2D eigenvalue weighted by Crippen LogP contribution is 2.40. The van der Waals surface area contributed by atoms with Crippen molar-refractivity contribution in [3.8, 4) is 0 Å². The van der Waals surface area contributed by atoms with Crippen LogP contribution < -0.4 is 5.32 Å². The Morgan fingerprint density at radius 1 is 1.15 bits per heavy atom. The Hall–Kier alpha value is -1.76. The monoisotopic (exact) mass is 487 g/mol. The zero-order valence-electron chi connectivity index (χ0n) is 20.2. The molecule has 3 aliphatic rings. The minimum absolute atomic E-state index is 0.00756. The van der Waals surface area contributed by atoms with E-state index >= 15 is 0 Å². The molecule has 0 radical (unpaired) electrons. The Bertz CT molecular complexity index is 1050. The molecule has 7 heteroatoms. The van der Waals surface area contributed by atoms with E-state index in [1.807, 2.05) is 26.0 Å². The van der Waals surface area contributed by atoms with Crippen LogP contribution in [0, 0.1) is 5.92 Å². The van der Waals surface area contributed by atoms with Gasteiger partial charge in [0.05, 0.1) is 5.60 Å². The van der Waals surface area contributed by atoms with E-state index in [0.717, 1.165) is 54.4 Å². The van der Waals surface area contributed by atoms with Crippen LogP contribution >= 0.6 is 11.6 Å². The van der Waals surface area contributed by atoms with Crippen LogP contribution in [-0.4, -0.2) is 53.3 Å². The van der Waals surface area contributed by atoms with Crippen molar-refractivity contribution in [2.45, 2.75) is 82.5 Å². The molecule has 1 saturated carbocycles. The maximum Gasteiger partial charge on any atom is 0.228 e. The number of carbonyl (C=O) groups excluding carboxylic acids is 1. The number of amides is 1. The zero-order valence-corrected chi connectivity index (χ0v) is 20.9. The Morgan fingerprint density at radius 2 is 1.94 bits per heavy atom. The van der Waals surface area contributed by atoms with E-state index in [1.54, 1.807) is 6.20 Å². The van der Waals surface area contributed by atoms with Crippen LogP contribution in [0.15, 0.2) is 24.4 Å². The summed E-state index contributed by atoms with van der Waals surface area (Å²) in [5.41, 5.74) is 0.899. The first-order valence-electron chi connectivity index (χ1n) is 12.7. The molecule has 1 N–H and O–H groups in total. The largest absolute Gasteiger partial charge is 0.376 e. The van der Waals surface area contributed by atoms with Gasteiger partial charge in [0.25, 0.3) is 0 Å². The van der Waals surface area contributed by atoms with Crippen LogP contribution in [-0.2, 0) is 9.53 Å². The molecule has 1 aromatic carbocycles. The summed E-state index contributed by atoms with van der Waals surface area (Å²) in [6, 6.07) is 6.61. The van der Waals surface area contributed by atoms with Crippen LogP contribution in [0.25, 0.3) is 10.8 Å². The maximum atomic E-state index is 13.6. The van der Waals surface area contributed by atoms with Gasteiger partial charge in [-0.25, -0.2) is 9.37 Å². The number of alkyl halides is 1. The van der Waals surface area contributed by atoms with Gasteiger partial charge in [0.2, 0.25) is 5.91 Å². The number of anilines is 1. The van der Waals surface area contributed by atoms with E-state index in [1.165, 1.54) is 5.56 Å². The number of likely N-dealkylation sites (tertiary alicyclic amines) is 1. The number of ether oxygens (including phenoxy) is 1. The van der Waals surface area contributed by atoms with Crippen LogP contribution in [0.5, 0.6) is 0 Å². The average Bonchev–Trinajstić information content (AvgIpc) is 3.24. The third-order valence-corrected chi connectivity index (χ3v) is 8.30. The molecule has 1 amide bonds. The van der Waals surface area contributed by atoms with E-state index in [-0.39, 0.29) is 17.4 Å². The molecule has 2 saturated heterocycles. The van der Waals surface area contributed by atoms with Gasteiger partial charge in [-0.3, -0.25) is 9.69 Å². The van der Waals surface area contributed by atoms with Crippen molar-refractivity contribution < 1.29 is 13.9 Å². The number of aromatic nitrogens is 1. The topological polar surface area (TPSA) is 54.5 Å². The standard InChI is InChI=1S/C27H35ClFN3O2/c1-27(2)14-18(8-10-34-27)26(33)31-25-13-19-11-23(24(28)12-20(19)15-30-25)17-3-5-22(6-4-17)32-9-7-21(29)16-32/h11-13,15,17-18,21-22H,3-10,14,16H2,1-2H3,(H,30,31,33)/t17?,18-,21+,22?/m1/s1. The Morgan fingerprint density at radius 3 is 2.65 bits per heavy atom. The lowest BCUT2D eigenvalue weighted by Crippen LogP contribution is -2.39. The van der Waals surface area contributed by atoms with E-state index in [9.17, 15) is 9.18 Å². The molecule has 2 atom stereocenters. The van der Waals surface area contributed by atoms with Crippen LogP contribution in [0.4, 0.5) is 10.2 Å². The van der Waals surface area contributed by atoms with Gasteiger partial charge in [-0.15, -0.1) is 0 Å². The van der Waals surface area contributed by atoms with Gasteiger partial charge in [0.1, 0.15) is 12.0 Å². The van der Waals surface area contributed by atoms with E-state index < -0.39 is 6.17 Å². The Labute approximate surface area is 206 Å². The summed E-state index contributed by atoms with van der Waals surface area (Å²) in [6.45, 7) is 6.15. The lowest BCUT2D eigenvalue weighted by atomic mass is 9.81. The number of hydrogen-bond acceptors (Lipinski definition) is 4. The number of nitrogens with one attached hydrogen (secondary N) is 1. The summed E-state index contributed by atoms with van der Waals surface area (Å²) in [5.74, 6) is 0.926. The number of benzene rings is 1. The van der Waals surface area contributed by atoms with Crippen molar-refractivity contribution in [1.82, 2.24) is 9.88 Å². The van der Waals surface area contributed by atoms with Gasteiger partial charge in [0, 0.05) is 48.3 Å². The predicted molar refractivity (Wildman–Crippen MR) is 134 cm³/mol. The Balaban J connectivity index is 1.28. The summed E-state index contributed by atoms with van der Waals surface area (Å²) in [5, 5.41) is 5.81. The molecule has 184 valence electrons. The van der Waals surface area contributed by atoms with E-state index in [0.29, 0.717) is 43.8 Å². The van der Waals surface area contributed by atoms with Crippen molar-refractivity contribution in [2.24, 2.45) is 5.92 Å². The SMILES string of the molecule is CC1(C)C[C@H](C(=O)Nc2cc3cc(C4CCC(N5CC[C@H](F)C5)CC4)c(Cl)cc3cn2)CCO1. The van der Waals surface area contributed by atoms with Gasteiger partial charge in [-0.05, 0) is 93.9 Å². The Kier molecular flexibility index (Phi) is 6.84. The summed E-state index contributed by atoms with van der Waals surface area (Å²) in [6.07, 6.45) is 7.55. The molecule has 5 rings (SSSR count). The lowest BCUT2D eigenvalue weighted by Gasteiger charge is -2.35. The van der Waals surface area contributed by atoms with Gasteiger partial charge < -0.3 is 10.1 Å². The molecular weight excluding hydrogens is 453 g/mol. The highest BCUT2D eigenvalue weighted by molar-refractivity contribution is 6.32. The van der Waals surface area contributed by atoms with Crippen LogP contribution in [0.1, 0.15) is 70.3 Å². The molecule has 2 aliphatic heterocycles. The number of fused-ring (bicyclic) bond motifs is 1. The molecule has 0 unspecified atom stereocenters. The fourth-order valence-corrected chi connectivity index (χ4v) is 6.40. The smallest absolute Gasteiger partial charge is 0.228 e. The second kappa shape index (κ2) is 9.71. The third kappa shape index (κ3) is 5.24. The average molecular weight is 488 g/mol. The fourth-order valence-electron chi connectivity index (χ4n) is 6.08. The van der Waals surface area contributed by atoms with Crippen molar-refractivity contribution in [3.63, 3.8) is 0 Å². The quantitative estimate of drug-likeness (QED) is 0.566. The number of pyridine rings is 1. The number of carbonyl (C=O) groups is 1. The number of halogens is 2. The molecule has 1 aromatic heterocycles. The molecule has 3 heterocycles.